The van der Waals surface area contributed by atoms with Crippen LogP contribution in [0, 0.1) is 11.3 Å². The second kappa shape index (κ2) is 7.62. The molecule has 1 N–H and O–H groups in total. The molecule has 0 unspecified atom stereocenters. The lowest BCUT2D eigenvalue weighted by molar-refractivity contribution is -0.113. The minimum absolute atomic E-state index is 0.289. The molecular weight excluding hydrogens is 328 g/mol. The second-order valence-electron chi connectivity index (χ2n) is 5.08. The summed E-state index contributed by atoms with van der Waals surface area (Å²) in [5.74, 6) is -1.01. The molecule has 0 aromatic heterocycles. The number of nitrogens with zero attached hydrogens (tertiary/aromatic N) is 1. The first-order chi connectivity index (χ1) is 11.4. The van der Waals surface area contributed by atoms with E-state index in [4.69, 9.17) is 10.00 Å². The lowest BCUT2D eigenvalue weighted by Crippen LogP contribution is -2.24. The van der Waals surface area contributed by atoms with E-state index >= 15 is 0 Å². The predicted molar refractivity (Wildman–Crippen MR) is 90.3 cm³/mol. The zero-order chi connectivity index (χ0) is 17.6. The number of sulfone groups is 1. The maximum absolute atomic E-state index is 12.2. The normalized spacial score (nSPS) is 10.7. The minimum Gasteiger partial charge on any atom is -0.497 e. The summed E-state index contributed by atoms with van der Waals surface area (Å²) in [6.45, 7) is 0. The summed E-state index contributed by atoms with van der Waals surface area (Å²) in [4.78, 5) is 11.9. The fraction of sp³-hybridized carbons (Fsp3) is 0.176. The Balaban J connectivity index is 2.02. The van der Waals surface area contributed by atoms with E-state index in [-0.39, 0.29) is 11.3 Å². The number of ether oxygens (including phenoxy) is 1. The van der Waals surface area contributed by atoms with Crippen molar-refractivity contribution >= 4 is 21.4 Å². The van der Waals surface area contributed by atoms with E-state index in [0.717, 1.165) is 0 Å². The van der Waals surface area contributed by atoms with Crippen molar-refractivity contribution in [3.8, 4) is 11.8 Å². The number of nitrogens with one attached hydrogen (secondary N) is 1. The number of carbonyl (C=O) groups is 1. The predicted octanol–water partition coefficient (Wildman–Crippen LogP) is 2.12. The molecule has 0 saturated heterocycles. The first-order valence-corrected chi connectivity index (χ1v) is 8.88. The van der Waals surface area contributed by atoms with Crippen LogP contribution >= 0.6 is 0 Å². The number of nitriles is 1. The van der Waals surface area contributed by atoms with Crippen LogP contribution in [0.1, 0.15) is 11.1 Å². The average Bonchev–Trinajstić information content (AvgIpc) is 2.55. The molecule has 6 nitrogen and oxygen atoms in total. The molecule has 124 valence electrons. The topological polar surface area (TPSA) is 96.3 Å². The minimum atomic E-state index is -3.69. The molecule has 24 heavy (non-hydrogen) atoms. The Morgan fingerprint density at radius 3 is 2.46 bits per heavy atom. The second-order valence-corrected chi connectivity index (χ2v) is 7.14. The summed E-state index contributed by atoms with van der Waals surface area (Å²) < 4.78 is 29.4. The van der Waals surface area contributed by atoms with Crippen LogP contribution in [0.25, 0.3) is 0 Å². The van der Waals surface area contributed by atoms with Crippen LogP contribution in [0.15, 0.2) is 48.5 Å². The number of hydrogen-bond donors (Lipinski definition) is 1. The van der Waals surface area contributed by atoms with Gasteiger partial charge in [0.15, 0.2) is 9.84 Å². The third-order valence-corrected chi connectivity index (χ3v) is 4.69. The molecule has 0 saturated carbocycles. The molecule has 1 amide bonds. The number of amides is 1. The zero-order valence-electron chi connectivity index (χ0n) is 13.0. The van der Waals surface area contributed by atoms with E-state index in [9.17, 15) is 13.2 Å². The highest BCUT2D eigenvalue weighted by atomic mass is 32.2. The molecule has 0 bridgehead atoms. The van der Waals surface area contributed by atoms with Crippen LogP contribution in [-0.2, 0) is 20.4 Å². The van der Waals surface area contributed by atoms with E-state index < -0.39 is 21.5 Å². The largest absolute Gasteiger partial charge is 0.497 e. The van der Waals surface area contributed by atoms with Gasteiger partial charge >= 0.3 is 0 Å². The van der Waals surface area contributed by atoms with Crippen molar-refractivity contribution in [1.29, 1.82) is 5.26 Å². The van der Waals surface area contributed by atoms with E-state index in [0.29, 0.717) is 17.0 Å². The van der Waals surface area contributed by atoms with Gasteiger partial charge in [-0.1, -0.05) is 18.2 Å². The van der Waals surface area contributed by atoms with E-state index in [1.54, 1.807) is 48.5 Å². The molecule has 0 aliphatic carbocycles. The quantitative estimate of drug-likeness (QED) is 0.866. The average molecular weight is 344 g/mol. The molecule has 0 radical (unpaired) electrons. The van der Waals surface area contributed by atoms with Gasteiger partial charge in [0, 0.05) is 5.69 Å². The van der Waals surface area contributed by atoms with Gasteiger partial charge < -0.3 is 10.1 Å². The Morgan fingerprint density at radius 1 is 1.17 bits per heavy atom. The number of rotatable bonds is 6. The standard InChI is InChI=1S/C17H16N2O4S/c1-23-16-8-6-15(7-9-16)19-17(20)12-24(21,22)11-14-5-3-2-4-13(14)10-18/h2-9H,11-12H2,1H3,(H,19,20). The third-order valence-electron chi connectivity index (χ3n) is 3.24. The van der Waals surface area contributed by atoms with Crippen molar-refractivity contribution in [1.82, 2.24) is 0 Å². The molecular formula is C17H16N2O4S. The summed E-state index contributed by atoms with van der Waals surface area (Å²) in [5, 5.41) is 11.5. The van der Waals surface area contributed by atoms with Gasteiger partial charge in [-0.2, -0.15) is 5.26 Å². The maximum Gasteiger partial charge on any atom is 0.239 e. The first kappa shape index (κ1) is 17.5. The number of methoxy groups -OCH3 is 1. The molecule has 0 aliphatic heterocycles. The first-order valence-electron chi connectivity index (χ1n) is 7.06. The van der Waals surface area contributed by atoms with Gasteiger partial charge in [0.1, 0.15) is 11.5 Å². The Hall–Kier alpha value is -2.85. The number of benzene rings is 2. The van der Waals surface area contributed by atoms with Crippen LogP contribution in [0.2, 0.25) is 0 Å². The van der Waals surface area contributed by atoms with Crippen LogP contribution in [0.4, 0.5) is 5.69 Å². The highest BCUT2D eigenvalue weighted by Gasteiger charge is 2.19. The van der Waals surface area contributed by atoms with E-state index in [2.05, 4.69) is 5.32 Å². The fourth-order valence-corrected chi connectivity index (χ4v) is 3.41. The Bertz CT molecular complexity index is 868. The lowest BCUT2D eigenvalue weighted by atomic mass is 10.1. The fourth-order valence-electron chi connectivity index (χ4n) is 2.11. The molecule has 0 fully saturated rings. The highest BCUT2D eigenvalue weighted by Crippen LogP contribution is 2.16. The van der Waals surface area contributed by atoms with Crippen molar-refractivity contribution in [2.45, 2.75) is 5.75 Å². The third kappa shape index (κ3) is 4.83. The molecule has 0 atom stereocenters. The van der Waals surface area contributed by atoms with Crippen molar-refractivity contribution in [2.75, 3.05) is 18.2 Å². The molecule has 0 aliphatic rings. The van der Waals surface area contributed by atoms with Gasteiger partial charge in [-0.3, -0.25) is 4.79 Å². The molecule has 0 spiro atoms. The van der Waals surface area contributed by atoms with Gasteiger partial charge in [-0.25, -0.2) is 8.42 Å². The summed E-state index contributed by atoms with van der Waals surface area (Å²) in [6.07, 6.45) is 0. The van der Waals surface area contributed by atoms with Gasteiger partial charge in [0.25, 0.3) is 0 Å². The maximum atomic E-state index is 12.2. The highest BCUT2D eigenvalue weighted by molar-refractivity contribution is 7.91. The van der Waals surface area contributed by atoms with Crippen molar-refractivity contribution in [3.63, 3.8) is 0 Å². The monoisotopic (exact) mass is 344 g/mol. The van der Waals surface area contributed by atoms with Crippen LogP contribution in [0.3, 0.4) is 0 Å². The Kier molecular flexibility index (Phi) is 5.55. The summed E-state index contributed by atoms with van der Waals surface area (Å²) in [5.41, 5.74) is 1.15. The van der Waals surface area contributed by atoms with Crippen molar-refractivity contribution < 1.29 is 17.9 Å². The van der Waals surface area contributed by atoms with Gasteiger partial charge in [-0.05, 0) is 35.9 Å². The van der Waals surface area contributed by atoms with Crippen molar-refractivity contribution in [2.24, 2.45) is 0 Å². The molecule has 2 aromatic carbocycles. The number of carbonyl (C=O) groups excluding carboxylic acids is 1. The van der Waals surface area contributed by atoms with Gasteiger partial charge in [0.05, 0.1) is 24.5 Å². The van der Waals surface area contributed by atoms with Crippen LogP contribution in [0.5, 0.6) is 5.75 Å². The molecule has 2 aromatic rings. The van der Waals surface area contributed by atoms with Crippen LogP contribution in [-0.4, -0.2) is 27.2 Å². The smallest absolute Gasteiger partial charge is 0.239 e. The SMILES string of the molecule is COc1ccc(NC(=O)CS(=O)(=O)Cc2ccccc2C#N)cc1. The molecule has 2 rings (SSSR count). The lowest BCUT2D eigenvalue weighted by Gasteiger charge is -2.08. The molecule has 7 heteroatoms. The Morgan fingerprint density at radius 2 is 1.83 bits per heavy atom. The summed E-state index contributed by atoms with van der Waals surface area (Å²) in [7, 11) is -2.16. The Labute approximate surface area is 140 Å². The van der Waals surface area contributed by atoms with E-state index in [1.165, 1.54) is 7.11 Å². The molecule has 0 heterocycles. The van der Waals surface area contributed by atoms with E-state index in [1.807, 2.05) is 6.07 Å². The van der Waals surface area contributed by atoms with Crippen molar-refractivity contribution in [3.05, 3.63) is 59.7 Å². The van der Waals surface area contributed by atoms with Gasteiger partial charge in [0.2, 0.25) is 5.91 Å². The number of anilines is 1. The van der Waals surface area contributed by atoms with Gasteiger partial charge in [-0.15, -0.1) is 0 Å². The summed E-state index contributed by atoms with van der Waals surface area (Å²) >= 11 is 0. The summed E-state index contributed by atoms with van der Waals surface area (Å²) in [6, 6.07) is 14.9. The zero-order valence-corrected chi connectivity index (χ0v) is 13.8. The number of hydrogen-bond acceptors (Lipinski definition) is 5. The van der Waals surface area contributed by atoms with Crippen LogP contribution < -0.4 is 10.1 Å².